The summed E-state index contributed by atoms with van der Waals surface area (Å²) >= 11 is 1.86. The molecule has 2 aromatic heterocycles. The molecule has 2 aromatic rings. The minimum Gasteiger partial charge on any atom is -0.301 e. The Balaban J connectivity index is 2.95. The first-order valence-corrected chi connectivity index (χ1v) is 4.46. The number of halogens is 2. The van der Waals surface area contributed by atoms with Gasteiger partial charge in [0.15, 0.2) is 9.48 Å². The van der Waals surface area contributed by atoms with Crippen LogP contribution in [0, 0.1) is 9.65 Å². The predicted molar refractivity (Wildman–Crippen MR) is 52.8 cm³/mol. The van der Waals surface area contributed by atoms with Crippen LogP contribution in [0.15, 0.2) is 17.1 Å². The van der Waals surface area contributed by atoms with E-state index in [1.807, 2.05) is 22.6 Å². The van der Waals surface area contributed by atoms with E-state index in [0.717, 1.165) is 12.3 Å². The highest BCUT2D eigenvalue weighted by molar-refractivity contribution is 14.1. The lowest BCUT2D eigenvalue weighted by Crippen LogP contribution is -2.10. The Hall–Kier alpha value is -1.05. The van der Waals surface area contributed by atoms with Crippen LogP contribution in [0.1, 0.15) is 0 Å². The summed E-state index contributed by atoms with van der Waals surface area (Å²) < 4.78 is 13.1. The van der Waals surface area contributed by atoms with E-state index in [-0.39, 0.29) is 16.6 Å². The fourth-order valence-electron chi connectivity index (χ4n) is 0.970. The smallest absolute Gasteiger partial charge is 0.261 e. The van der Waals surface area contributed by atoms with E-state index in [1.54, 1.807) is 0 Å². The number of H-pyrrole nitrogens is 1. The third-order valence-corrected chi connectivity index (χ3v) is 2.01. The van der Waals surface area contributed by atoms with Crippen LogP contribution in [0.5, 0.6) is 0 Å². The Morgan fingerprint density at radius 2 is 2.31 bits per heavy atom. The molecule has 1 N–H and O–H groups in total. The first-order chi connectivity index (χ1) is 6.16. The van der Waals surface area contributed by atoms with Crippen molar-refractivity contribution in [3.05, 3.63) is 32.3 Å². The summed E-state index contributed by atoms with van der Waals surface area (Å²) in [5.74, 6) is -0.541. The molecule has 0 unspecified atom stereocenters. The Kier molecular flexibility index (Phi) is 1.98. The quantitative estimate of drug-likeness (QED) is 0.583. The van der Waals surface area contributed by atoms with Gasteiger partial charge in [0.1, 0.15) is 5.82 Å². The third-order valence-electron chi connectivity index (χ3n) is 1.50. The van der Waals surface area contributed by atoms with Crippen molar-refractivity contribution >= 4 is 33.6 Å². The SMILES string of the molecule is O=c1[nH]c(I)nc2ncc(F)cc12. The number of nitrogens with zero attached hydrogens (tertiary/aromatic N) is 2. The van der Waals surface area contributed by atoms with Gasteiger partial charge in [-0.1, -0.05) is 0 Å². The highest BCUT2D eigenvalue weighted by Crippen LogP contribution is 2.05. The Bertz CT molecular complexity index is 525. The maximum absolute atomic E-state index is 12.7. The molecule has 0 bridgehead atoms. The Morgan fingerprint density at radius 1 is 1.54 bits per heavy atom. The average Bonchev–Trinajstić information content (AvgIpc) is 2.06. The van der Waals surface area contributed by atoms with Crippen LogP contribution in [-0.4, -0.2) is 15.0 Å². The predicted octanol–water partition coefficient (Wildman–Crippen LogP) is 1.06. The third kappa shape index (κ3) is 1.53. The maximum atomic E-state index is 12.7. The molecule has 13 heavy (non-hydrogen) atoms. The number of rotatable bonds is 0. The van der Waals surface area contributed by atoms with Gasteiger partial charge in [-0.15, -0.1) is 0 Å². The summed E-state index contributed by atoms with van der Waals surface area (Å²) in [6, 6.07) is 1.12. The lowest BCUT2D eigenvalue weighted by molar-refractivity contribution is 0.623. The average molecular weight is 291 g/mol. The number of hydrogen-bond donors (Lipinski definition) is 1. The highest BCUT2D eigenvalue weighted by Gasteiger charge is 2.03. The second-order valence-electron chi connectivity index (χ2n) is 2.38. The van der Waals surface area contributed by atoms with E-state index in [9.17, 15) is 9.18 Å². The number of pyridine rings is 1. The minimum atomic E-state index is -0.541. The molecule has 2 heterocycles. The summed E-state index contributed by atoms with van der Waals surface area (Å²) in [7, 11) is 0. The summed E-state index contributed by atoms with van der Waals surface area (Å²) in [6.07, 6.45) is 1.03. The molecule has 0 aliphatic rings. The molecule has 0 spiro atoms. The maximum Gasteiger partial charge on any atom is 0.261 e. The molecule has 0 saturated heterocycles. The summed E-state index contributed by atoms with van der Waals surface area (Å²) in [5, 5.41) is 0.167. The number of hydrogen-bond acceptors (Lipinski definition) is 3. The van der Waals surface area contributed by atoms with E-state index >= 15 is 0 Å². The van der Waals surface area contributed by atoms with Crippen molar-refractivity contribution in [2.24, 2.45) is 0 Å². The van der Waals surface area contributed by atoms with Gasteiger partial charge in [-0.2, -0.15) is 0 Å². The first-order valence-electron chi connectivity index (χ1n) is 3.38. The van der Waals surface area contributed by atoms with Crippen molar-refractivity contribution in [2.75, 3.05) is 0 Å². The van der Waals surface area contributed by atoms with Gasteiger partial charge in [0, 0.05) is 0 Å². The zero-order valence-electron chi connectivity index (χ0n) is 6.21. The monoisotopic (exact) mass is 291 g/mol. The standard InChI is InChI=1S/C7H3FIN3O/c8-3-1-4-5(10-2-3)11-7(9)12-6(4)13/h1-2H,(H,10,11,12,13). The van der Waals surface area contributed by atoms with Crippen LogP contribution in [0.25, 0.3) is 11.0 Å². The summed E-state index contributed by atoms with van der Waals surface area (Å²) in [5.41, 5.74) is -0.115. The molecule has 6 heteroatoms. The molecule has 0 radical (unpaired) electrons. The number of aromatic amines is 1. The summed E-state index contributed by atoms with van der Waals surface area (Å²) in [6.45, 7) is 0. The molecule has 0 atom stereocenters. The van der Waals surface area contributed by atoms with Crippen molar-refractivity contribution in [2.45, 2.75) is 0 Å². The van der Waals surface area contributed by atoms with Gasteiger partial charge in [0.25, 0.3) is 5.56 Å². The van der Waals surface area contributed by atoms with Gasteiger partial charge in [-0.25, -0.2) is 14.4 Å². The van der Waals surface area contributed by atoms with Crippen molar-refractivity contribution in [1.29, 1.82) is 0 Å². The Morgan fingerprint density at radius 3 is 3.08 bits per heavy atom. The lowest BCUT2D eigenvalue weighted by atomic mass is 10.3. The first kappa shape index (κ1) is 8.54. The molecule has 66 valence electrons. The zero-order valence-corrected chi connectivity index (χ0v) is 8.37. The van der Waals surface area contributed by atoms with Gasteiger partial charge in [0.2, 0.25) is 0 Å². The van der Waals surface area contributed by atoms with E-state index in [1.165, 1.54) is 0 Å². The van der Waals surface area contributed by atoms with Crippen LogP contribution in [0.4, 0.5) is 4.39 Å². The van der Waals surface area contributed by atoms with Gasteiger partial charge in [0.05, 0.1) is 11.6 Å². The zero-order chi connectivity index (χ0) is 9.42. The van der Waals surface area contributed by atoms with Crippen molar-refractivity contribution in [3.63, 3.8) is 0 Å². The largest absolute Gasteiger partial charge is 0.301 e. The molecule has 0 aliphatic carbocycles. The van der Waals surface area contributed by atoms with Crippen molar-refractivity contribution < 1.29 is 4.39 Å². The number of nitrogens with one attached hydrogen (secondary N) is 1. The van der Waals surface area contributed by atoms with Crippen LogP contribution in [-0.2, 0) is 0 Å². The fraction of sp³-hybridized carbons (Fsp3) is 0. The second kappa shape index (κ2) is 3.02. The highest BCUT2D eigenvalue weighted by atomic mass is 127. The molecule has 0 aromatic carbocycles. The van der Waals surface area contributed by atoms with Crippen molar-refractivity contribution in [3.8, 4) is 0 Å². The number of aromatic nitrogens is 3. The molecule has 0 saturated carbocycles. The number of fused-ring (bicyclic) bond motifs is 1. The molecular weight excluding hydrogens is 288 g/mol. The molecule has 0 aliphatic heterocycles. The molecule has 0 amide bonds. The van der Waals surface area contributed by atoms with Gasteiger partial charge in [-0.05, 0) is 28.7 Å². The van der Waals surface area contributed by atoms with E-state index in [2.05, 4.69) is 15.0 Å². The minimum absolute atomic E-state index is 0.167. The van der Waals surface area contributed by atoms with Crippen LogP contribution >= 0.6 is 22.6 Å². The summed E-state index contributed by atoms with van der Waals surface area (Å²) in [4.78, 5) is 21.3. The Labute approximate surface area is 85.4 Å². The lowest BCUT2D eigenvalue weighted by Gasteiger charge is -1.95. The van der Waals surface area contributed by atoms with Crippen molar-refractivity contribution in [1.82, 2.24) is 15.0 Å². The second-order valence-corrected chi connectivity index (χ2v) is 3.40. The van der Waals surface area contributed by atoms with Gasteiger partial charge in [-0.3, -0.25) is 4.79 Å². The molecule has 2 rings (SSSR count). The van der Waals surface area contributed by atoms with Crippen LogP contribution in [0.3, 0.4) is 0 Å². The van der Waals surface area contributed by atoms with Crippen LogP contribution in [0.2, 0.25) is 0 Å². The van der Waals surface area contributed by atoms with Gasteiger partial charge < -0.3 is 4.98 Å². The van der Waals surface area contributed by atoms with E-state index < -0.39 is 5.82 Å². The van der Waals surface area contributed by atoms with E-state index in [0.29, 0.717) is 3.83 Å². The van der Waals surface area contributed by atoms with Gasteiger partial charge >= 0.3 is 0 Å². The van der Waals surface area contributed by atoms with E-state index in [4.69, 9.17) is 0 Å². The topological polar surface area (TPSA) is 58.6 Å². The molecular formula is C7H3FIN3O. The molecule has 0 fully saturated rings. The molecule has 4 nitrogen and oxygen atoms in total. The normalized spacial score (nSPS) is 10.6. The fourth-order valence-corrected chi connectivity index (χ4v) is 1.44. The van der Waals surface area contributed by atoms with Crippen LogP contribution < -0.4 is 5.56 Å².